The van der Waals surface area contributed by atoms with E-state index in [1.54, 1.807) is 73.7 Å². The van der Waals surface area contributed by atoms with Gasteiger partial charge in [-0.3, -0.25) is 14.5 Å². The molecule has 0 N–H and O–H groups in total. The number of carbonyl (C=O) groups excluding carboxylic acids is 1. The minimum atomic E-state index is -0.742. The molecule has 0 fully saturated rings. The van der Waals surface area contributed by atoms with Gasteiger partial charge in [0.1, 0.15) is 11.3 Å². The van der Waals surface area contributed by atoms with E-state index in [-0.39, 0.29) is 16.8 Å². The molecular formula is C26H20BrNO6. The van der Waals surface area contributed by atoms with Gasteiger partial charge in [0.15, 0.2) is 16.9 Å². The summed E-state index contributed by atoms with van der Waals surface area (Å²) in [4.78, 5) is 29.0. The van der Waals surface area contributed by atoms with Crippen molar-refractivity contribution in [2.75, 3.05) is 26.2 Å². The molecule has 0 saturated carbocycles. The highest BCUT2D eigenvalue weighted by Gasteiger charge is 2.44. The molecular weight excluding hydrogens is 502 g/mol. The monoisotopic (exact) mass is 521 g/mol. The van der Waals surface area contributed by atoms with E-state index in [0.717, 1.165) is 4.47 Å². The van der Waals surface area contributed by atoms with Crippen molar-refractivity contribution in [1.82, 2.24) is 0 Å². The Kier molecular flexibility index (Phi) is 5.53. The third kappa shape index (κ3) is 3.42. The van der Waals surface area contributed by atoms with Gasteiger partial charge in [-0.05, 0) is 48.0 Å². The first-order valence-corrected chi connectivity index (χ1v) is 11.2. The van der Waals surface area contributed by atoms with Crippen molar-refractivity contribution in [3.8, 4) is 17.2 Å². The highest BCUT2D eigenvalue weighted by atomic mass is 79.9. The van der Waals surface area contributed by atoms with Crippen LogP contribution in [0.15, 0.2) is 74.3 Å². The normalized spacial score (nSPS) is 14.9. The Morgan fingerprint density at radius 3 is 2.41 bits per heavy atom. The van der Waals surface area contributed by atoms with Crippen molar-refractivity contribution < 1.29 is 23.4 Å². The number of ether oxygens (including phenoxy) is 3. The highest BCUT2D eigenvalue weighted by Crippen LogP contribution is 2.43. The first-order valence-electron chi connectivity index (χ1n) is 10.4. The van der Waals surface area contributed by atoms with Gasteiger partial charge in [-0.15, -0.1) is 0 Å². The first kappa shape index (κ1) is 22.0. The molecule has 1 aliphatic heterocycles. The SMILES string of the molecule is COc1cccc(N2C(=O)c3oc4ccc(Br)cc4c(=O)c3C2c2ccc(OC)c(OC)c2)c1. The summed E-state index contributed by atoms with van der Waals surface area (Å²) >= 11 is 3.42. The highest BCUT2D eigenvalue weighted by molar-refractivity contribution is 9.10. The zero-order chi connectivity index (χ0) is 24.0. The molecule has 0 spiro atoms. The summed E-state index contributed by atoms with van der Waals surface area (Å²) in [7, 11) is 4.64. The largest absolute Gasteiger partial charge is 0.497 e. The number of anilines is 1. The van der Waals surface area contributed by atoms with E-state index in [1.807, 2.05) is 6.07 Å². The van der Waals surface area contributed by atoms with Crippen molar-refractivity contribution in [2.45, 2.75) is 6.04 Å². The number of hydrogen-bond acceptors (Lipinski definition) is 6. The molecule has 5 rings (SSSR count). The fourth-order valence-corrected chi connectivity index (χ4v) is 4.67. The molecule has 7 nitrogen and oxygen atoms in total. The van der Waals surface area contributed by atoms with E-state index in [4.69, 9.17) is 18.6 Å². The second-order valence-corrected chi connectivity index (χ2v) is 8.62. The summed E-state index contributed by atoms with van der Waals surface area (Å²) in [5, 5.41) is 0.388. The number of methoxy groups -OCH3 is 3. The van der Waals surface area contributed by atoms with Crippen LogP contribution in [-0.4, -0.2) is 27.2 Å². The Bertz CT molecular complexity index is 1490. The molecule has 172 valence electrons. The fourth-order valence-electron chi connectivity index (χ4n) is 4.31. The molecule has 1 unspecified atom stereocenters. The fraction of sp³-hybridized carbons (Fsp3) is 0.154. The summed E-state index contributed by atoms with van der Waals surface area (Å²) in [5.74, 6) is 1.21. The first-order chi connectivity index (χ1) is 16.5. The summed E-state index contributed by atoms with van der Waals surface area (Å²) < 4.78 is 23.0. The van der Waals surface area contributed by atoms with Crippen LogP contribution in [0, 0.1) is 0 Å². The number of rotatable bonds is 5. The summed E-state index contributed by atoms with van der Waals surface area (Å²) in [5.41, 5.74) is 1.59. The predicted octanol–water partition coefficient (Wildman–Crippen LogP) is 5.33. The molecule has 4 aromatic rings. The second kappa shape index (κ2) is 8.53. The standard InChI is InChI=1S/C26H20BrNO6/c1-31-17-6-4-5-16(13-17)28-23(14-7-9-20(32-2)21(11-14)33-3)22-24(29)18-12-15(27)8-10-19(18)34-25(22)26(28)30/h4-13,23H,1-3H3. The third-order valence-corrected chi connectivity index (χ3v) is 6.38. The van der Waals surface area contributed by atoms with Crippen LogP contribution in [0.3, 0.4) is 0 Å². The minimum absolute atomic E-state index is 0.0161. The Morgan fingerprint density at radius 1 is 0.882 bits per heavy atom. The van der Waals surface area contributed by atoms with E-state index in [2.05, 4.69) is 15.9 Å². The van der Waals surface area contributed by atoms with Gasteiger partial charge in [0.2, 0.25) is 5.76 Å². The van der Waals surface area contributed by atoms with Gasteiger partial charge in [0, 0.05) is 16.2 Å². The molecule has 1 atom stereocenters. The molecule has 3 aromatic carbocycles. The molecule has 8 heteroatoms. The zero-order valence-electron chi connectivity index (χ0n) is 18.6. The Hall–Kier alpha value is -3.78. The zero-order valence-corrected chi connectivity index (χ0v) is 20.2. The van der Waals surface area contributed by atoms with Gasteiger partial charge >= 0.3 is 0 Å². The van der Waals surface area contributed by atoms with Gasteiger partial charge in [-0.2, -0.15) is 0 Å². The van der Waals surface area contributed by atoms with E-state index in [1.165, 1.54) is 7.11 Å². The van der Waals surface area contributed by atoms with E-state index in [9.17, 15) is 9.59 Å². The average molecular weight is 522 g/mol. The van der Waals surface area contributed by atoms with Crippen molar-refractivity contribution in [2.24, 2.45) is 0 Å². The van der Waals surface area contributed by atoms with E-state index >= 15 is 0 Å². The maximum atomic E-state index is 13.7. The molecule has 1 aromatic heterocycles. The number of nitrogens with zero attached hydrogens (tertiary/aromatic N) is 1. The lowest BCUT2D eigenvalue weighted by molar-refractivity contribution is 0.0971. The van der Waals surface area contributed by atoms with Crippen molar-refractivity contribution in [3.05, 3.63) is 92.2 Å². The number of amides is 1. The topological polar surface area (TPSA) is 78.2 Å². The number of benzene rings is 3. The summed E-state index contributed by atoms with van der Waals surface area (Å²) in [6.45, 7) is 0. The van der Waals surface area contributed by atoms with Crippen LogP contribution >= 0.6 is 15.9 Å². The maximum Gasteiger partial charge on any atom is 0.295 e. The minimum Gasteiger partial charge on any atom is -0.497 e. The molecule has 0 saturated heterocycles. The summed E-state index contributed by atoms with van der Waals surface area (Å²) in [6, 6.07) is 16.8. The van der Waals surface area contributed by atoms with Crippen LogP contribution < -0.4 is 24.5 Å². The van der Waals surface area contributed by atoms with Gasteiger partial charge in [0.25, 0.3) is 5.91 Å². The molecule has 0 radical (unpaired) electrons. The van der Waals surface area contributed by atoms with Gasteiger partial charge < -0.3 is 18.6 Å². The maximum absolute atomic E-state index is 13.7. The van der Waals surface area contributed by atoms with E-state index in [0.29, 0.717) is 39.5 Å². The summed E-state index contributed by atoms with van der Waals surface area (Å²) in [6.07, 6.45) is 0. The van der Waals surface area contributed by atoms with Crippen molar-refractivity contribution >= 4 is 38.5 Å². The number of fused-ring (bicyclic) bond motifs is 2. The van der Waals surface area contributed by atoms with Crippen LogP contribution in [0.25, 0.3) is 11.0 Å². The number of hydrogen-bond donors (Lipinski definition) is 0. The number of halogens is 1. The molecule has 0 bridgehead atoms. The van der Waals surface area contributed by atoms with Gasteiger partial charge in [0.05, 0.1) is 38.3 Å². The van der Waals surface area contributed by atoms with E-state index < -0.39 is 11.9 Å². The lowest BCUT2D eigenvalue weighted by Gasteiger charge is -2.26. The van der Waals surface area contributed by atoms with Crippen molar-refractivity contribution in [3.63, 3.8) is 0 Å². The second-order valence-electron chi connectivity index (χ2n) is 7.71. The Balaban J connectivity index is 1.81. The Labute approximate surface area is 203 Å². The molecule has 1 amide bonds. The van der Waals surface area contributed by atoms with Crippen LogP contribution in [0.5, 0.6) is 17.2 Å². The predicted molar refractivity (Wildman–Crippen MR) is 131 cm³/mol. The quantitative estimate of drug-likeness (QED) is 0.353. The van der Waals surface area contributed by atoms with Gasteiger partial charge in [-0.1, -0.05) is 28.1 Å². The van der Waals surface area contributed by atoms with Crippen LogP contribution in [0.1, 0.15) is 27.7 Å². The average Bonchev–Trinajstić information content (AvgIpc) is 3.16. The molecule has 34 heavy (non-hydrogen) atoms. The lowest BCUT2D eigenvalue weighted by atomic mass is 9.97. The van der Waals surface area contributed by atoms with Crippen LogP contribution in [0.2, 0.25) is 0 Å². The molecule has 0 aliphatic carbocycles. The number of carbonyl (C=O) groups is 1. The van der Waals surface area contributed by atoms with Crippen LogP contribution in [0.4, 0.5) is 5.69 Å². The van der Waals surface area contributed by atoms with Crippen LogP contribution in [-0.2, 0) is 0 Å². The Morgan fingerprint density at radius 2 is 1.68 bits per heavy atom. The van der Waals surface area contributed by atoms with Gasteiger partial charge in [-0.25, -0.2) is 0 Å². The third-order valence-electron chi connectivity index (χ3n) is 5.89. The smallest absolute Gasteiger partial charge is 0.295 e. The lowest BCUT2D eigenvalue weighted by Crippen LogP contribution is -2.29. The molecule has 2 heterocycles. The van der Waals surface area contributed by atoms with Crippen molar-refractivity contribution in [1.29, 1.82) is 0 Å². The molecule has 1 aliphatic rings.